The quantitative estimate of drug-likeness (QED) is 0.510. The summed E-state index contributed by atoms with van der Waals surface area (Å²) >= 11 is 6.30. The normalized spacial score (nSPS) is 15.4. The molecule has 35 heavy (non-hydrogen) atoms. The van der Waals surface area contributed by atoms with Crippen LogP contribution in [0.25, 0.3) is 0 Å². The predicted molar refractivity (Wildman–Crippen MR) is 135 cm³/mol. The van der Waals surface area contributed by atoms with Crippen molar-refractivity contribution in [3.05, 3.63) is 83.1 Å². The molecular weight excluding hydrogens is 464 g/mol. The maximum atomic E-state index is 13.8. The van der Waals surface area contributed by atoms with Crippen molar-refractivity contribution < 1.29 is 14.3 Å². The van der Waals surface area contributed by atoms with Gasteiger partial charge in [-0.15, -0.1) is 0 Å². The number of hydrogen-bond acceptors (Lipinski definition) is 4. The van der Waals surface area contributed by atoms with Crippen LogP contribution >= 0.6 is 11.6 Å². The fourth-order valence-electron chi connectivity index (χ4n) is 4.55. The molecule has 0 unspecified atom stereocenters. The molecule has 2 aliphatic heterocycles. The largest absolute Gasteiger partial charge is 0.455 e. The Morgan fingerprint density at radius 2 is 1.77 bits per heavy atom. The number of hydrogen-bond donors (Lipinski definition) is 0. The van der Waals surface area contributed by atoms with E-state index in [2.05, 4.69) is 4.98 Å². The molecule has 5 rings (SSSR count). The molecule has 0 radical (unpaired) electrons. The molecule has 0 atom stereocenters. The van der Waals surface area contributed by atoms with Gasteiger partial charge in [0.2, 0.25) is 5.91 Å². The van der Waals surface area contributed by atoms with E-state index in [4.69, 9.17) is 16.3 Å². The molecule has 0 saturated carbocycles. The van der Waals surface area contributed by atoms with Crippen molar-refractivity contribution in [1.82, 2.24) is 14.8 Å². The van der Waals surface area contributed by atoms with Crippen molar-refractivity contribution in [2.45, 2.75) is 25.8 Å². The monoisotopic (exact) mass is 490 g/mol. The summed E-state index contributed by atoms with van der Waals surface area (Å²) in [6.45, 7) is 2.60. The van der Waals surface area contributed by atoms with Crippen molar-refractivity contribution in [2.75, 3.05) is 31.1 Å². The fourth-order valence-corrected chi connectivity index (χ4v) is 4.72. The molecule has 1 aromatic heterocycles. The highest BCUT2D eigenvalue weighted by molar-refractivity contribution is 6.31. The average molecular weight is 491 g/mol. The lowest BCUT2D eigenvalue weighted by Crippen LogP contribution is -2.45. The second-order valence-electron chi connectivity index (χ2n) is 8.77. The fraction of sp³-hybridized carbons (Fsp3) is 0.296. The zero-order valence-electron chi connectivity index (χ0n) is 19.4. The molecule has 8 heteroatoms. The van der Waals surface area contributed by atoms with E-state index < -0.39 is 0 Å². The summed E-state index contributed by atoms with van der Waals surface area (Å²) in [7, 11) is 0. The van der Waals surface area contributed by atoms with E-state index in [0.717, 1.165) is 23.3 Å². The number of rotatable bonds is 3. The van der Waals surface area contributed by atoms with Crippen LogP contribution in [-0.4, -0.2) is 52.9 Å². The highest BCUT2D eigenvalue weighted by Gasteiger charge is 2.30. The molecule has 0 aliphatic carbocycles. The first-order valence-electron chi connectivity index (χ1n) is 11.9. The smallest absolute Gasteiger partial charge is 0.324 e. The van der Waals surface area contributed by atoms with Crippen LogP contribution in [0.1, 0.15) is 24.0 Å². The molecule has 0 spiro atoms. The second kappa shape index (κ2) is 10.4. The SMILES string of the molecule is O=C(CCc1cccnc1)N1CCCN(C(=O)N2Cc3ccccc3Oc3ccc(Cl)cc32)CC1. The number of carbonyl (C=O) groups is 2. The van der Waals surface area contributed by atoms with Crippen LogP contribution in [0, 0.1) is 0 Å². The molecule has 0 bridgehead atoms. The third kappa shape index (κ3) is 5.25. The van der Waals surface area contributed by atoms with Gasteiger partial charge in [-0.3, -0.25) is 14.7 Å². The number of pyridine rings is 1. The zero-order valence-corrected chi connectivity index (χ0v) is 20.2. The van der Waals surface area contributed by atoms with E-state index in [0.29, 0.717) is 62.0 Å². The summed E-state index contributed by atoms with van der Waals surface area (Å²) in [5.41, 5.74) is 2.62. The zero-order chi connectivity index (χ0) is 24.2. The molecule has 1 saturated heterocycles. The van der Waals surface area contributed by atoms with Crippen molar-refractivity contribution in [3.63, 3.8) is 0 Å². The van der Waals surface area contributed by atoms with E-state index in [1.807, 2.05) is 46.2 Å². The number of aryl methyl sites for hydroxylation is 1. The second-order valence-corrected chi connectivity index (χ2v) is 9.21. The van der Waals surface area contributed by atoms with Gasteiger partial charge in [0.25, 0.3) is 0 Å². The first-order chi connectivity index (χ1) is 17.1. The number of nitrogens with zero attached hydrogens (tertiary/aromatic N) is 4. The number of amides is 3. The first kappa shape index (κ1) is 23.2. The van der Waals surface area contributed by atoms with E-state index in [-0.39, 0.29) is 11.9 Å². The van der Waals surface area contributed by atoms with Gasteiger partial charge in [0.05, 0.1) is 12.2 Å². The maximum Gasteiger partial charge on any atom is 0.324 e. The van der Waals surface area contributed by atoms with Crippen LogP contribution in [0.4, 0.5) is 10.5 Å². The van der Waals surface area contributed by atoms with Crippen molar-refractivity contribution in [2.24, 2.45) is 0 Å². The molecule has 1 fully saturated rings. The first-order valence-corrected chi connectivity index (χ1v) is 12.2. The van der Waals surface area contributed by atoms with Crippen LogP contribution in [0.2, 0.25) is 5.02 Å². The molecule has 0 N–H and O–H groups in total. The highest BCUT2D eigenvalue weighted by atomic mass is 35.5. The number of anilines is 1. The molecule has 7 nitrogen and oxygen atoms in total. The number of aromatic nitrogens is 1. The molecule has 2 aromatic carbocycles. The molecule has 3 heterocycles. The predicted octanol–water partition coefficient (Wildman–Crippen LogP) is 5.13. The van der Waals surface area contributed by atoms with Gasteiger partial charge >= 0.3 is 6.03 Å². The van der Waals surface area contributed by atoms with Crippen LogP contribution in [0.5, 0.6) is 11.5 Å². The van der Waals surface area contributed by atoms with Crippen molar-refractivity contribution in [1.29, 1.82) is 0 Å². The van der Waals surface area contributed by atoms with Crippen LogP contribution in [0.15, 0.2) is 67.0 Å². The average Bonchev–Trinajstić information content (AvgIpc) is 3.23. The van der Waals surface area contributed by atoms with Gasteiger partial charge in [-0.2, -0.15) is 0 Å². The van der Waals surface area contributed by atoms with E-state index in [1.165, 1.54) is 0 Å². The summed E-state index contributed by atoms with van der Waals surface area (Å²) in [4.78, 5) is 36.2. The third-order valence-corrected chi connectivity index (χ3v) is 6.67. The van der Waals surface area contributed by atoms with E-state index in [1.54, 1.807) is 35.5 Å². The number of fused-ring (bicyclic) bond motifs is 2. The number of halogens is 1. The maximum absolute atomic E-state index is 13.8. The minimum absolute atomic E-state index is 0.109. The van der Waals surface area contributed by atoms with Crippen LogP contribution in [0.3, 0.4) is 0 Å². The Kier molecular flexibility index (Phi) is 6.86. The summed E-state index contributed by atoms with van der Waals surface area (Å²) < 4.78 is 6.13. The topological polar surface area (TPSA) is 66.0 Å². The Labute approximate surface area is 209 Å². The van der Waals surface area contributed by atoms with Crippen molar-refractivity contribution >= 4 is 29.2 Å². The lowest BCUT2D eigenvalue weighted by Gasteiger charge is -2.30. The standard InChI is InChI=1S/C27H27ClN4O3/c28-22-9-10-25-23(17-22)32(19-21-6-1-2-7-24(21)35-25)27(34)31-14-4-13-30(15-16-31)26(33)11-8-20-5-3-12-29-18-20/h1-3,5-7,9-10,12,17-18H,4,8,11,13-16,19H2. The van der Waals surface area contributed by atoms with Gasteiger partial charge < -0.3 is 14.5 Å². The van der Waals surface area contributed by atoms with Gasteiger partial charge in [-0.1, -0.05) is 35.9 Å². The third-order valence-electron chi connectivity index (χ3n) is 6.43. The Morgan fingerprint density at radius 3 is 2.63 bits per heavy atom. The Balaban J connectivity index is 1.29. The summed E-state index contributed by atoms with van der Waals surface area (Å²) in [6.07, 6.45) is 5.35. The van der Waals surface area contributed by atoms with Gasteiger partial charge in [-0.05, 0) is 48.7 Å². The molecule has 3 amide bonds. The lowest BCUT2D eigenvalue weighted by molar-refractivity contribution is -0.131. The van der Waals surface area contributed by atoms with Gasteiger partial charge in [0, 0.05) is 55.6 Å². The number of carbonyl (C=O) groups excluding carboxylic acids is 2. The van der Waals surface area contributed by atoms with Gasteiger partial charge in [0.15, 0.2) is 5.75 Å². The minimum Gasteiger partial charge on any atom is -0.455 e. The number of para-hydroxylation sites is 1. The molecule has 180 valence electrons. The van der Waals surface area contributed by atoms with Crippen LogP contribution in [-0.2, 0) is 17.8 Å². The Hall–Kier alpha value is -3.58. The lowest BCUT2D eigenvalue weighted by atomic mass is 10.1. The Bertz CT molecular complexity index is 1220. The number of urea groups is 1. The minimum atomic E-state index is -0.113. The Morgan fingerprint density at radius 1 is 0.943 bits per heavy atom. The van der Waals surface area contributed by atoms with Gasteiger partial charge in [0.1, 0.15) is 5.75 Å². The molecule has 2 aliphatic rings. The summed E-state index contributed by atoms with van der Waals surface area (Å²) in [5, 5.41) is 0.539. The van der Waals surface area contributed by atoms with Crippen molar-refractivity contribution in [3.8, 4) is 11.5 Å². The highest BCUT2D eigenvalue weighted by Crippen LogP contribution is 2.40. The van der Waals surface area contributed by atoms with Gasteiger partial charge in [-0.25, -0.2) is 4.79 Å². The summed E-state index contributed by atoms with van der Waals surface area (Å²) in [5.74, 6) is 1.43. The van der Waals surface area contributed by atoms with E-state index in [9.17, 15) is 9.59 Å². The molecular formula is C27H27ClN4O3. The summed E-state index contributed by atoms with van der Waals surface area (Å²) in [6, 6.07) is 16.8. The van der Waals surface area contributed by atoms with Crippen LogP contribution < -0.4 is 9.64 Å². The number of benzene rings is 2. The molecule has 3 aromatic rings. The number of ether oxygens (including phenoxy) is 1. The van der Waals surface area contributed by atoms with E-state index >= 15 is 0 Å².